The summed E-state index contributed by atoms with van der Waals surface area (Å²) >= 11 is 0. The number of hydrogen-bond donors (Lipinski definition) is 1. The lowest BCUT2D eigenvalue weighted by molar-refractivity contribution is -0.139. The van der Waals surface area contributed by atoms with Crippen molar-refractivity contribution in [3.63, 3.8) is 0 Å². The molecule has 0 spiro atoms. The van der Waals surface area contributed by atoms with Crippen molar-refractivity contribution in [3.8, 4) is 0 Å². The predicted octanol–water partition coefficient (Wildman–Crippen LogP) is 4.66. The molecule has 1 fully saturated rings. The molecular weight excluding hydrogens is 374 g/mol. The minimum absolute atomic E-state index is 0.135. The summed E-state index contributed by atoms with van der Waals surface area (Å²) in [6, 6.07) is 25.9. The number of likely N-dealkylation sites (tertiary alicyclic amines) is 1. The van der Waals surface area contributed by atoms with Crippen molar-refractivity contribution in [1.82, 2.24) is 4.90 Å². The Hall–Kier alpha value is -3.66. The van der Waals surface area contributed by atoms with Gasteiger partial charge in [0.25, 0.3) is 11.7 Å². The second-order valence-corrected chi connectivity index (χ2v) is 7.50. The van der Waals surface area contributed by atoms with E-state index in [0.717, 1.165) is 16.7 Å². The number of rotatable bonds is 5. The van der Waals surface area contributed by atoms with Gasteiger partial charge in [0.2, 0.25) is 0 Å². The van der Waals surface area contributed by atoms with E-state index in [4.69, 9.17) is 0 Å². The molecule has 1 N–H and O–H groups in total. The van der Waals surface area contributed by atoms with Gasteiger partial charge in [0.05, 0.1) is 11.6 Å². The Kier molecular flexibility index (Phi) is 5.48. The Morgan fingerprint density at radius 3 is 2.10 bits per heavy atom. The summed E-state index contributed by atoms with van der Waals surface area (Å²) in [6.45, 7) is 2.34. The van der Waals surface area contributed by atoms with Gasteiger partial charge in [-0.2, -0.15) is 0 Å². The summed E-state index contributed by atoms with van der Waals surface area (Å²) in [5, 5.41) is 11.0. The molecule has 4 heteroatoms. The van der Waals surface area contributed by atoms with Crippen LogP contribution in [-0.2, 0) is 16.0 Å². The first-order valence-electron chi connectivity index (χ1n) is 10.0. The highest BCUT2D eigenvalue weighted by atomic mass is 16.3. The van der Waals surface area contributed by atoms with Gasteiger partial charge >= 0.3 is 0 Å². The van der Waals surface area contributed by atoms with Crippen molar-refractivity contribution in [1.29, 1.82) is 0 Å². The molecule has 0 saturated carbocycles. The highest BCUT2D eigenvalue weighted by molar-refractivity contribution is 6.46. The topological polar surface area (TPSA) is 57.6 Å². The number of benzene rings is 3. The second-order valence-electron chi connectivity index (χ2n) is 7.50. The molecule has 0 aliphatic carbocycles. The van der Waals surface area contributed by atoms with Crippen LogP contribution in [0.15, 0.2) is 90.5 Å². The summed E-state index contributed by atoms with van der Waals surface area (Å²) in [4.78, 5) is 27.5. The first-order chi connectivity index (χ1) is 14.6. The van der Waals surface area contributed by atoms with Gasteiger partial charge in [-0.15, -0.1) is 0 Å². The van der Waals surface area contributed by atoms with E-state index >= 15 is 0 Å². The number of aryl methyl sites for hydroxylation is 1. The molecule has 0 radical (unpaired) electrons. The van der Waals surface area contributed by atoms with Gasteiger partial charge in [0, 0.05) is 12.1 Å². The number of ketones is 1. The van der Waals surface area contributed by atoms with Gasteiger partial charge < -0.3 is 10.0 Å². The van der Waals surface area contributed by atoms with E-state index in [0.29, 0.717) is 18.5 Å². The molecule has 4 nitrogen and oxygen atoms in total. The van der Waals surface area contributed by atoms with Gasteiger partial charge in [-0.3, -0.25) is 9.59 Å². The molecular formula is C26H23NO3. The van der Waals surface area contributed by atoms with E-state index < -0.39 is 17.7 Å². The Morgan fingerprint density at radius 1 is 0.867 bits per heavy atom. The van der Waals surface area contributed by atoms with Crippen LogP contribution >= 0.6 is 0 Å². The van der Waals surface area contributed by atoms with Crippen molar-refractivity contribution in [2.45, 2.75) is 19.4 Å². The lowest BCUT2D eigenvalue weighted by Gasteiger charge is -2.25. The first-order valence-corrected chi connectivity index (χ1v) is 10.0. The van der Waals surface area contributed by atoms with Crippen molar-refractivity contribution in [2.24, 2.45) is 0 Å². The summed E-state index contributed by atoms with van der Waals surface area (Å²) in [5.74, 6) is -1.35. The van der Waals surface area contributed by atoms with Crippen molar-refractivity contribution >= 4 is 17.4 Å². The molecule has 4 rings (SSSR count). The van der Waals surface area contributed by atoms with E-state index in [9.17, 15) is 14.7 Å². The maximum Gasteiger partial charge on any atom is 0.295 e. The molecule has 30 heavy (non-hydrogen) atoms. The number of aliphatic hydroxyl groups is 1. The van der Waals surface area contributed by atoms with Gasteiger partial charge in [-0.25, -0.2) is 0 Å². The Bertz CT molecular complexity index is 1090. The maximum absolute atomic E-state index is 13.0. The second kappa shape index (κ2) is 8.37. The number of nitrogens with zero attached hydrogens (tertiary/aromatic N) is 1. The van der Waals surface area contributed by atoms with E-state index in [2.05, 4.69) is 0 Å². The molecule has 0 bridgehead atoms. The quantitative estimate of drug-likeness (QED) is 0.387. The average molecular weight is 397 g/mol. The lowest BCUT2D eigenvalue weighted by atomic mass is 9.95. The van der Waals surface area contributed by atoms with Crippen molar-refractivity contribution in [2.75, 3.05) is 6.54 Å². The number of carbonyl (C=O) groups is 2. The molecule has 150 valence electrons. The van der Waals surface area contributed by atoms with Crippen LogP contribution < -0.4 is 0 Å². The third-order valence-corrected chi connectivity index (χ3v) is 5.46. The number of amides is 1. The molecule has 3 aromatic rings. The van der Waals surface area contributed by atoms with Crippen LogP contribution in [-0.4, -0.2) is 28.2 Å². The van der Waals surface area contributed by atoms with E-state index in [-0.39, 0.29) is 11.3 Å². The van der Waals surface area contributed by atoms with Crippen molar-refractivity contribution < 1.29 is 14.7 Å². The molecule has 1 saturated heterocycles. The Balaban J connectivity index is 1.76. The van der Waals surface area contributed by atoms with Gasteiger partial charge in [-0.1, -0.05) is 90.5 Å². The van der Waals surface area contributed by atoms with Crippen LogP contribution in [0.25, 0.3) is 5.76 Å². The zero-order valence-electron chi connectivity index (χ0n) is 16.8. The van der Waals surface area contributed by atoms with E-state index in [1.807, 2.05) is 79.7 Å². The van der Waals surface area contributed by atoms with Crippen LogP contribution in [0.4, 0.5) is 0 Å². The third kappa shape index (κ3) is 3.77. The van der Waals surface area contributed by atoms with Crippen LogP contribution in [0.1, 0.15) is 28.3 Å². The predicted molar refractivity (Wildman–Crippen MR) is 117 cm³/mol. The average Bonchev–Trinajstić information content (AvgIpc) is 3.04. The molecule has 3 aromatic carbocycles. The normalized spacial score (nSPS) is 18.0. The molecule has 0 aromatic heterocycles. The lowest BCUT2D eigenvalue weighted by Crippen LogP contribution is -2.31. The number of aliphatic hydroxyl groups excluding tert-OH is 1. The fourth-order valence-electron chi connectivity index (χ4n) is 3.85. The zero-order valence-corrected chi connectivity index (χ0v) is 16.8. The number of Topliss-reactive ketones (excluding diaryl/α,β-unsaturated/α-hetero) is 1. The van der Waals surface area contributed by atoms with Crippen LogP contribution in [0.5, 0.6) is 0 Å². The fraction of sp³-hybridized carbons (Fsp3) is 0.154. The third-order valence-electron chi connectivity index (χ3n) is 5.46. The summed E-state index contributed by atoms with van der Waals surface area (Å²) in [5.41, 5.74) is 3.61. The fourth-order valence-corrected chi connectivity index (χ4v) is 3.85. The summed E-state index contributed by atoms with van der Waals surface area (Å²) in [6.07, 6.45) is 0.627. The van der Waals surface area contributed by atoms with Crippen LogP contribution in [0.3, 0.4) is 0 Å². The summed E-state index contributed by atoms with van der Waals surface area (Å²) in [7, 11) is 0. The first kappa shape index (κ1) is 19.6. The monoisotopic (exact) mass is 397 g/mol. The highest BCUT2D eigenvalue weighted by Crippen LogP contribution is 2.39. The SMILES string of the molecule is Cc1ccc(/C(O)=C2\C(=O)C(=O)N(CCc3ccccc3)[C@H]2c2ccccc2)cc1. The van der Waals surface area contributed by atoms with Crippen molar-refractivity contribution in [3.05, 3.63) is 113 Å². The molecule has 1 aliphatic heterocycles. The van der Waals surface area contributed by atoms with Gasteiger partial charge in [0.1, 0.15) is 5.76 Å². The summed E-state index contributed by atoms with van der Waals surface area (Å²) < 4.78 is 0. The molecule has 1 amide bonds. The van der Waals surface area contributed by atoms with Crippen LogP contribution in [0, 0.1) is 6.92 Å². The van der Waals surface area contributed by atoms with Gasteiger partial charge in [-0.05, 0) is 24.5 Å². The minimum atomic E-state index is -0.644. The smallest absolute Gasteiger partial charge is 0.295 e. The Labute approximate surface area is 176 Å². The minimum Gasteiger partial charge on any atom is -0.507 e. The van der Waals surface area contributed by atoms with Crippen LogP contribution in [0.2, 0.25) is 0 Å². The van der Waals surface area contributed by atoms with E-state index in [1.54, 1.807) is 17.0 Å². The van der Waals surface area contributed by atoms with Gasteiger partial charge in [0.15, 0.2) is 0 Å². The largest absolute Gasteiger partial charge is 0.507 e. The zero-order chi connectivity index (χ0) is 21.1. The molecule has 1 aliphatic rings. The molecule has 1 heterocycles. The molecule has 1 atom stereocenters. The highest BCUT2D eigenvalue weighted by Gasteiger charge is 2.45. The molecule has 0 unspecified atom stereocenters. The van der Waals surface area contributed by atoms with E-state index in [1.165, 1.54) is 0 Å². The maximum atomic E-state index is 13.0. The Morgan fingerprint density at radius 2 is 1.47 bits per heavy atom. The standard InChI is InChI=1S/C26H23NO3/c1-18-12-14-21(15-13-18)24(28)22-23(20-10-6-3-7-11-20)27(26(30)25(22)29)17-16-19-8-4-2-5-9-19/h2-15,23,28H,16-17H2,1H3/b24-22+/t23-/m0/s1. The number of carbonyl (C=O) groups excluding carboxylic acids is 2. The number of hydrogen-bond acceptors (Lipinski definition) is 3.